The largest absolute Gasteiger partial charge is 0.465 e. The summed E-state index contributed by atoms with van der Waals surface area (Å²) >= 11 is 0. The maximum absolute atomic E-state index is 12.1. The van der Waals surface area contributed by atoms with Crippen LogP contribution in [0.15, 0.2) is 34.0 Å². The third-order valence-corrected chi connectivity index (χ3v) is 2.74. The van der Waals surface area contributed by atoms with Crippen molar-refractivity contribution in [3.8, 4) is 0 Å². The SMILES string of the molecule is CCN1COCN(C(=O)/C=C/c2ccco2)/C1=N/[N+](=O)[O-]. The van der Waals surface area contributed by atoms with Gasteiger partial charge in [-0.3, -0.25) is 4.79 Å². The number of carbonyl (C=O) groups is 1. The van der Waals surface area contributed by atoms with Gasteiger partial charge in [0.1, 0.15) is 24.3 Å². The van der Waals surface area contributed by atoms with Gasteiger partial charge in [0.15, 0.2) is 5.03 Å². The van der Waals surface area contributed by atoms with E-state index in [1.807, 2.05) is 0 Å². The second-order valence-corrected chi connectivity index (χ2v) is 4.07. The van der Waals surface area contributed by atoms with Crippen molar-refractivity contribution in [1.82, 2.24) is 9.80 Å². The molecule has 1 fully saturated rings. The Hall–Kier alpha value is -2.68. The van der Waals surface area contributed by atoms with Crippen molar-refractivity contribution in [3.63, 3.8) is 0 Å². The number of carbonyl (C=O) groups excluding carboxylic acids is 1. The Balaban J connectivity index is 2.18. The van der Waals surface area contributed by atoms with Gasteiger partial charge in [0.2, 0.25) is 0 Å². The Kier molecular flexibility index (Phi) is 4.67. The molecule has 1 amide bonds. The van der Waals surface area contributed by atoms with Crippen molar-refractivity contribution in [3.05, 3.63) is 40.3 Å². The van der Waals surface area contributed by atoms with Crippen LogP contribution in [0.2, 0.25) is 0 Å². The molecule has 0 aromatic carbocycles. The zero-order chi connectivity index (χ0) is 15.2. The van der Waals surface area contributed by atoms with Crippen molar-refractivity contribution in [2.45, 2.75) is 6.92 Å². The number of hydrogen-bond acceptors (Lipinski definition) is 5. The van der Waals surface area contributed by atoms with Crippen LogP contribution in [-0.4, -0.2) is 46.7 Å². The molecule has 0 radical (unpaired) electrons. The van der Waals surface area contributed by atoms with Crippen molar-refractivity contribution in [2.75, 3.05) is 20.0 Å². The Morgan fingerprint density at radius 1 is 1.57 bits per heavy atom. The van der Waals surface area contributed by atoms with Gasteiger partial charge in [0.05, 0.1) is 6.26 Å². The van der Waals surface area contributed by atoms with Gasteiger partial charge in [-0.1, -0.05) is 0 Å². The molecular formula is C12H14N4O5. The molecule has 1 aromatic rings. The predicted molar refractivity (Wildman–Crippen MR) is 72.2 cm³/mol. The number of guanidine groups is 1. The lowest BCUT2D eigenvalue weighted by Crippen LogP contribution is -2.53. The molecule has 112 valence electrons. The van der Waals surface area contributed by atoms with Gasteiger partial charge in [0, 0.05) is 12.6 Å². The van der Waals surface area contributed by atoms with Crippen LogP contribution in [0.5, 0.6) is 0 Å². The van der Waals surface area contributed by atoms with E-state index >= 15 is 0 Å². The summed E-state index contributed by atoms with van der Waals surface area (Å²) in [6.07, 6.45) is 4.19. The van der Waals surface area contributed by atoms with Crippen molar-refractivity contribution < 1.29 is 19.0 Å². The van der Waals surface area contributed by atoms with Crippen molar-refractivity contribution in [1.29, 1.82) is 0 Å². The van der Waals surface area contributed by atoms with E-state index < -0.39 is 10.9 Å². The zero-order valence-electron chi connectivity index (χ0n) is 11.3. The van der Waals surface area contributed by atoms with Crippen LogP contribution in [0, 0.1) is 10.1 Å². The molecule has 0 unspecified atom stereocenters. The van der Waals surface area contributed by atoms with Gasteiger partial charge in [-0.25, -0.2) is 15.0 Å². The van der Waals surface area contributed by atoms with E-state index in [1.165, 1.54) is 23.3 Å². The molecule has 2 heterocycles. The Bertz CT molecular complexity index is 566. The third-order valence-electron chi connectivity index (χ3n) is 2.74. The maximum atomic E-state index is 12.1. The van der Waals surface area contributed by atoms with Gasteiger partial charge < -0.3 is 14.1 Å². The summed E-state index contributed by atoms with van der Waals surface area (Å²) in [7, 11) is 0. The summed E-state index contributed by atoms with van der Waals surface area (Å²) in [5.74, 6) is -0.0191. The van der Waals surface area contributed by atoms with Gasteiger partial charge in [0.25, 0.3) is 11.9 Å². The van der Waals surface area contributed by atoms with E-state index in [4.69, 9.17) is 9.15 Å². The normalized spacial score (nSPS) is 17.7. The molecule has 1 saturated heterocycles. The first-order chi connectivity index (χ1) is 10.1. The first-order valence-corrected chi connectivity index (χ1v) is 6.20. The predicted octanol–water partition coefficient (Wildman–Crippen LogP) is 0.936. The molecule has 2 rings (SSSR count). The molecule has 1 aromatic heterocycles. The average molecular weight is 294 g/mol. The van der Waals surface area contributed by atoms with Crippen LogP contribution in [0.1, 0.15) is 12.7 Å². The number of hydrogen-bond donors (Lipinski definition) is 0. The molecule has 0 N–H and O–H groups in total. The lowest BCUT2D eigenvalue weighted by atomic mass is 10.3. The Morgan fingerprint density at radius 2 is 2.38 bits per heavy atom. The molecule has 9 heteroatoms. The van der Waals surface area contributed by atoms with Crippen LogP contribution < -0.4 is 0 Å². The second kappa shape index (κ2) is 6.66. The summed E-state index contributed by atoms with van der Waals surface area (Å²) in [5.41, 5.74) is 0. The lowest BCUT2D eigenvalue weighted by molar-refractivity contribution is -0.486. The highest BCUT2D eigenvalue weighted by atomic mass is 16.7. The minimum atomic E-state index is -0.833. The van der Waals surface area contributed by atoms with E-state index in [1.54, 1.807) is 19.1 Å². The van der Waals surface area contributed by atoms with E-state index in [0.717, 1.165) is 4.90 Å². The molecule has 9 nitrogen and oxygen atoms in total. The number of hydrazone groups is 1. The molecule has 21 heavy (non-hydrogen) atoms. The Labute approximate surface area is 120 Å². The molecule has 1 aliphatic rings. The molecule has 0 spiro atoms. The highest BCUT2D eigenvalue weighted by Gasteiger charge is 2.30. The molecule has 0 bridgehead atoms. The summed E-state index contributed by atoms with van der Waals surface area (Å²) in [4.78, 5) is 25.3. The van der Waals surface area contributed by atoms with E-state index in [2.05, 4.69) is 5.10 Å². The van der Waals surface area contributed by atoms with Gasteiger partial charge in [-0.15, -0.1) is 0 Å². The van der Waals surface area contributed by atoms with Crippen LogP contribution in [-0.2, 0) is 9.53 Å². The number of nitrogens with zero attached hydrogens (tertiary/aromatic N) is 4. The minimum Gasteiger partial charge on any atom is -0.465 e. The first-order valence-electron chi connectivity index (χ1n) is 6.20. The summed E-state index contributed by atoms with van der Waals surface area (Å²) in [6, 6.07) is 3.37. The van der Waals surface area contributed by atoms with Crippen LogP contribution in [0.3, 0.4) is 0 Å². The second-order valence-electron chi connectivity index (χ2n) is 4.07. The van der Waals surface area contributed by atoms with Crippen LogP contribution >= 0.6 is 0 Å². The van der Waals surface area contributed by atoms with Crippen LogP contribution in [0.25, 0.3) is 6.08 Å². The molecular weight excluding hydrogens is 280 g/mol. The highest BCUT2D eigenvalue weighted by Crippen LogP contribution is 2.10. The third kappa shape index (κ3) is 3.66. The average Bonchev–Trinajstić information content (AvgIpc) is 2.97. The summed E-state index contributed by atoms with van der Waals surface area (Å²) < 4.78 is 10.3. The zero-order valence-corrected chi connectivity index (χ0v) is 11.3. The summed E-state index contributed by atoms with van der Waals surface area (Å²) in [6.45, 7) is 2.27. The first kappa shape index (κ1) is 14.7. The van der Waals surface area contributed by atoms with E-state index in [0.29, 0.717) is 12.3 Å². The molecule has 0 aliphatic carbocycles. The number of nitro groups is 1. The standard InChI is InChI=1S/C12H14N4O5/c1-2-14-8-20-9-15(12(14)13-16(18)19)11(17)6-5-10-4-3-7-21-10/h3-7H,2,8-9H2,1H3/b6-5+,13-12+. The number of rotatable bonds is 4. The highest BCUT2D eigenvalue weighted by molar-refractivity contribution is 6.03. The summed E-state index contributed by atoms with van der Waals surface area (Å²) in [5, 5.41) is 13.1. The van der Waals surface area contributed by atoms with Gasteiger partial charge >= 0.3 is 0 Å². The smallest absolute Gasteiger partial charge is 0.284 e. The van der Waals surface area contributed by atoms with E-state index in [9.17, 15) is 14.9 Å². The fourth-order valence-corrected chi connectivity index (χ4v) is 1.74. The quantitative estimate of drug-likeness (QED) is 0.465. The van der Waals surface area contributed by atoms with Crippen LogP contribution in [0.4, 0.5) is 0 Å². The number of furan rings is 1. The van der Waals surface area contributed by atoms with Crippen molar-refractivity contribution >= 4 is 17.9 Å². The maximum Gasteiger partial charge on any atom is 0.284 e. The number of amides is 1. The van der Waals surface area contributed by atoms with Crippen molar-refractivity contribution in [2.24, 2.45) is 5.10 Å². The number of ether oxygens (including phenoxy) is 1. The fraction of sp³-hybridized carbons (Fsp3) is 0.333. The van der Waals surface area contributed by atoms with Gasteiger partial charge in [-0.2, -0.15) is 0 Å². The molecule has 1 aliphatic heterocycles. The van der Waals surface area contributed by atoms with Gasteiger partial charge in [-0.05, 0) is 25.1 Å². The monoisotopic (exact) mass is 294 g/mol. The topological polar surface area (TPSA) is 101 Å². The Morgan fingerprint density at radius 3 is 3.00 bits per heavy atom. The molecule has 0 saturated carbocycles. The van der Waals surface area contributed by atoms with E-state index in [-0.39, 0.29) is 19.4 Å². The lowest BCUT2D eigenvalue weighted by Gasteiger charge is -2.34. The molecule has 0 atom stereocenters. The minimum absolute atomic E-state index is 0.0390. The fourth-order valence-electron chi connectivity index (χ4n) is 1.74.